The first kappa shape index (κ1) is 20.5. The maximum absolute atomic E-state index is 13.6. The summed E-state index contributed by atoms with van der Waals surface area (Å²) < 4.78 is 0. The number of benzene rings is 2. The van der Waals surface area contributed by atoms with Crippen LogP contribution in [0, 0.1) is 20.8 Å². The summed E-state index contributed by atoms with van der Waals surface area (Å²) in [5.41, 5.74) is 10.8. The predicted octanol–water partition coefficient (Wildman–Crippen LogP) is 3.72. The Morgan fingerprint density at radius 3 is 2.41 bits per heavy atom. The van der Waals surface area contributed by atoms with Crippen LogP contribution in [-0.2, 0) is 11.2 Å². The standard InChI is InChI=1S/C24H27N3O2/c1-16-9-10-21-20(15-16)23(17(2)18(3)26-21)24(29)27(14-12-22(25)28)13-11-19-7-5-4-6-8-19/h4-10,15H,11-14H2,1-3H3,(H2,25,28). The molecule has 0 saturated heterocycles. The quantitative estimate of drug-likeness (QED) is 0.669. The Balaban J connectivity index is 1.99. The van der Waals surface area contributed by atoms with Gasteiger partial charge in [-0.2, -0.15) is 0 Å². The van der Waals surface area contributed by atoms with Crippen molar-refractivity contribution in [1.29, 1.82) is 0 Å². The highest BCUT2D eigenvalue weighted by Gasteiger charge is 2.22. The molecule has 5 heteroatoms. The molecule has 1 aromatic heterocycles. The van der Waals surface area contributed by atoms with Gasteiger partial charge in [0.05, 0.1) is 11.1 Å². The van der Waals surface area contributed by atoms with E-state index < -0.39 is 5.91 Å². The molecule has 0 bridgehead atoms. The maximum atomic E-state index is 13.6. The van der Waals surface area contributed by atoms with E-state index in [-0.39, 0.29) is 12.3 Å². The molecule has 29 heavy (non-hydrogen) atoms. The monoisotopic (exact) mass is 389 g/mol. The van der Waals surface area contributed by atoms with E-state index >= 15 is 0 Å². The first-order valence-corrected chi connectivity index (χ1v) is 9.86. The molecule has 1 heterocycles. The fourth-order valence-corrected chi connectivity index (χ4v) is 3.50. The zero-order valence-corrected chi connectivity index (χ0v) is 17.2. The first-order chi connectivity index (χ1) is 13.9. The molecule has 2 N–H and O–H groups in total. The number of hydrogen-bond donors (Lipinski definition) is 1. The number of hydrogen-bond acceptors (Lipinski definition) is 3. The zero-order valence-electron chi connectivity index (χ0n) is 17.2. The van der Waals surface area contributed by atoms with E-state index in [1.54, 1.807) is 4.90 Å². The minimum atomic E-state index is -0.411. The summed E-state index contributed by atoms with van der Waals surface area (Å²) >= 11 is 0. The van der Waals surface area contributed by atoms with Crippen molar-refractivity contribution >= 4 is 22.7 Å². The number of amides is 2. The summed E-state index contributed by atoms with van der Waals surface area (Å²) in [5.74, 6) is -0.494. The van der Waals surface area contributed by atoms with Crippen LogP contribution in [0.3, 0.4) is 0 Å². The summed E-state index contributed by atoms with van der Waals surface area (Å²) in [7, 11) is 0. The highest BCUT2D eigenvalue weighted by molar-refractivity contribution is 6.07. The summed E-state index contributed by atoms with van der Waals surface area (Å²) in [6, 6.07) is 16.0. The summed E-state index contributed by atoms with van der Waals surface area (Å²) in [6.07, 6.45) is 0.853. The van der Waals surface area contributed by atoms with E-state index in [4.69, 9.17) is 5.73 Å². The molecule has 0 radical (unpaired) electrons. The Morgan fingerprint density at radius 1 is 1.00 bits per heavy atom. The van der Waals surface area contributed by atoms with Gasteiger partial charge >= 0.3 is 0 Å². The minimum absolute atomic E-state index is 0.0826. The lowest BCUT2D eigenvalue weighted by molar-refractivity contribution is -0.118. The number of rotatable bonds is 7. The molecule has 150 valence electrons. The van der Waals surface area contributed by atoms with Crippen LogP contribution < -0.4 is 5.73 Å². The normalized spacial score (nSPS) is 10.9. The number of primary amides is 1. The zero-order chi connectivity index (χ0) is 21.0. The number of aromatic nitrogens is 1. The van der Waals surface area contributed by atoms with Crippen LogP contribution in [-0.4, -0.2) is 34.8 Å². The van der Waals surface area contributed by atoms with Gasteiger partial charge in [0, 0.05) is 30.6 Å². The summed E-state index contributed by atoms with van der Waals surface area (Å²) in [4.78, 5) is 31.4. The molecule has 5 nitrogen and oxygen atoms in total. The molecule has 2 amide bonds. The Bertz CT molecular complexity index is 1040. The Hall–Kier alpha value is -3.21. The number of pyridine rings is 1. The predicted molar refractivity (Wildman–Crippen MR) is 116 cm³/mol. The molecule has 0 fully saturated rings. The number of fused-ring (bicyclic) bond motifs is 1. The number of carbonyl (C=O) groups excluding carboxylic acids is 2. The lowest BCUT2D eigenvalue weighted by atomic mass is 9.98. The lowest BCUT2D eigenvalue weighted by Gasteiger charge is -2.24. The average molecular weight is 389 g/mol. The average Bonchev–Trinajstić information content (AvgIpc) is 2.69. The van der Waals surface area contributed by atoms with Crippen LogP contribution >= 0.6 is 0 Å². The van der Waals surface area contributed by atoms with Gasteiger partial charge in [0.1, 0.15) is 0 Å². The third-order valence-electron chi connectivity index (χ3n) is 5.27. The van der Waals surface area contributed by atoms with E-state index in [1.165, 1.54) is 0 Å². The van der Waals surface area contributed by atoms with Gasteiger partial charge in [-0.05, 0) is 50.5 Å². The SMILES string of the molecule is Cc1ccc2nc(C)c(C)c(C(=O)N(CCC(N)=O)CCc3ccccc3)c2c1. The van der Waals surface area contributed by atoms with Gasteiger partial charge in [-0.15, -0.1) is 0 Å². The van der Waals surface area contributed by atoms with Crippen molar-refractivity contribution in [3.05, 3.63) is 76.5 Å². The third kappa shape index (κ3) is 4.80. The van der Waals surface area contributed by atoms with Crippen LogP contribution in [0.4, 0.5) is 0 Å². The largest absolute Gasteiger partial charge is 0.370 e. The van der Waals surface area contributed by atoms with Gasteiger partial charge < -0.3 is 10.6 Å². The Morgan fingerprint density at radius 2 is 1.72 bits per heavy atom. The molecule has 3 rings (SSSR count). The van der Waals surface area contributed by atoms with E-state index in [9.17, 15) is 9.59 Å². The van der Waals surface area contributed by atoms with Gasteiger partial charge in [0.15, 0.2) is 0 Å². The van der Waals surface area contributed by atoms with Gasteiger partial charge in [-0.1, -0.05) is 42.0 Å². The highest BCUT2D eigenvalue weighted by Crippen LogP contribution is 2.25. The molecule has 0 aliphatic heterocycles. The fourth-order valence-electron chi connectivity index (χ4n) is 3.50. The molecule has 3 aromatic rings. The van der Waals surface area contributed by atoms with Crippen molar-refractivity contribution in [1.82, 2.24) is 9.88 Å². The maximum Gasteiger partial charge on any atom is 0.254 e. The van der Waals surface area contributed by atoms with Gasteiger partial charge in [-0.3, -0.25) is 14.6 Å². The first-order valence-electron chi connectivity index (χ1n) is 9.86. The fraction of sp³-hybridized carbons (Fsp3) is 0.292. The number of nitrogens with zero attached hydrogens (tertiary/aromatic N) is 2. The summed E-state index contributed by atoms with van der Waals surface area (Å²) in [5, 5.41) is 0.849. The van der Waals surface area contributed by atoms with Crippen molar-refractivity contribution in [3.63, 3.8) is 0 Å². The molecule has 0 aliphatic carbocycles. The molecular formula is C24H27N3O2. The smallest absolute Gasteiger partial charge is 0.254 e. The van der Waals surface area contributed by atoms with Gasteiger partial charge in [-0.25, -0.2) is 0 Å². The van der Waals surface area contributed by atoms with Crippen LogP contribution in [0.1, 0.15) is 39.2 Å². The van der Waals surface area contributed by atoms with E-state index in [1.807, 2.05) is 69.3 Å². The van der Waals surface area contributed by atoms with Crippen molar-refractivity contribution in [2.45, 2.75) is 33.6 Å². The topological polar surface area (TPSA) is 76.3 Å². The summed E-state index contributed by atoms with van der Waals surface area (Å²) in [6.45, 7) is 6.67. The van der Waals surface area contributed by atoms with Crippen molar-refractivity contribution < 1.29 is 9.59 Å². The Kier molecular flexibility index (Phi) is 6.27. The second-order valence-corrected chi connectivity index (χ2v) is 7.46. The number of aryl methyl sites for hydroxylation is 2. The van der Waals surface area contributed by atoms with Crippen molar-refractivity contribution in [3.8, 4) is 0 Å². The molecule has 0 aliphatic rings. The minimum Gasteiger partial charge on any atom is -0.370 e. The molecule has 0 spiro atoms. The molecule has 0 saturated carbocycles. The highest BCUT2D eigenvalue weighted by atomic mass is 16.2. The molecule has 0 unspecified atom stereocenters. The van der Waals surface area contributed by atoms with Crippen molar-refractivity contribution in [2.75, 3.05) is 13.1 Å². The molecular weight excluding hydrogens is 362 g/mol. The van der Waals surface area contributed by atoms with Crippen LogP contribution in [0.5, 0.6) is 0 Å². The van der Waals surface area contributed by atoms with Crippen LogP contribution in [0.25, 0.3) is 10.9 Å². The second kappa shape index (κ2) is 8.86. The second-order valence-electron chi connectivity index (χ2n) is 7.46. The van der Waals surface area contributed by atoms with Gasteiger partial charge in [0.25, 0.3) is 5.91 Å². The van der Waals surface area contributed by atoms with Gasteiger partial charge in [0.2, 0.25) is 5.91 Å². The van der Waals surface area contributed by atoms with Crippen molar-refractivity contribution in [2.24, 2.45) is 5.73 Å². The van der Waals surface area contributed by atoms with E-state index in [0.29, 0.717) is 25.1 Å². The third-order valence-corrected chi connectivity index (χ3v) is 5.27. The Labute approximate surface area is 171 Å². The molecule has 0 atom stereocenters. The van der Waals surface area contributed by atoms with Crippen LogP contribution in [0.15, 0.2) is 48.5 Å². The lowest BCUT2D eigenvalue weighted by Crippen LogP contribution is -2.36. The molecule has 2 aromatic carbocycles. The number of nitrogens with two attached hydrogens (primary N) is 1. The van der Waals surface area contributed by atoms with E-state index in [0.717, 1.165) is 33.3 Å². The van der Waals surface area contributed by atoms with Crippen LogP contribution in [0.2, 0.25) is 0 Å². The number of carbonyl (C=O) groups is 2. The van der Waals surface area contributed by atoms with E-state index in [2.05, 4.69) is 4.98 Å².